The second-order valence-corrected chi connectivity index (χ2v) is 10.6. The lowest BCUT2D eigenvalue weighted by atomic mass is 9.86. The Kier molecular flexibility index (Phi) is 5.88. The summed E-state index contributed by atoms with van der Waals surface area (Å²) in [5, 5.41) is 0. The molecule has 0 spiro atoms. The van der Waals surface area contributed by atoms with Gasteiger partial charge in [0, 0.05) is 13.1 Å². The molecule has 0 saturated carbocycles. The van der Waals surface area contributed by atoms with Crippen LogP contribution in [0.4, 0.5) is 0 Å². The van der Waals surface area contributed by atoms with Crippen LogP contribution >= 0.6 is 0 Å². The Morgan fingerprint density at radius 1 is 0.727 bits per heavy atom. The second kappa shape index (κ2) is 8.97. The summed E-state index contributed by atoms with van der Waals surface area (Å²) < 4.78 is 28.3. The molecular formula is C29H27NO2S. The third kappa shape index (κ3) is 4.37. The van der Waals surface area contributed by atoms with Gasteiger partial charge < -0.3 is 0 Å². The van der Waals surface area contributed by atoms with Crippen LogP contribution in [0, 0.1) is 6.92 Å². The van der Waals surface area contributed by atoms with Gasteiger partial charge in [-0.15, -0.1) is 0 Å². The number of rotatable bonds is 4. The Labute approximate surface area is 196 Å². The molecule has 166 valence electrons. The van der Waals surface area contributed by atoms with E-state index in [9.17, 15) is 8.42 Å². The second-order valence-electron chi connectivity index (χ2n) is 8.69. The molecule has 2 aliphatic rings. The maximum absolute atomic E-state index is 13.4. The molecule has 0 amide bonds. The van der Waals surface area contributed by atoms with Crippen molar-refractivity contribution in [1.82, 2.24) is 4.31 Å². The van der Waals surface area contributed by atoms with Crippen molar-refractivity contribution in [2.45, 2.75) is 24.7 Å². The zero-order valence-corrected chi connectivity index (χ0v) is 19.6. The molecule has 1 aliphatic carbocycles. The molecule has 1 aliphatic heterocycles. The first-order valence-electron chi connectivity index (χ1n) is 11.3. The molecule has 5 rings (SSSR count). The zero-order chi connectivity index (χ0) is 22.8. The average molecular weight is 454 g/mol. The van der Waals surface area contributed by atoms with Crippen molar-refractivity contribution in [3.8, 4) is 0 Å². The van der Waals surface area contributed by atoms with E-state index in [0.29, 0.717) is 18.0 Å². The summed E-state index contributed by atoms with van der Waals surface area (Å²) in [5.74, 6) is 0. The van der Waals surface area contributed by atoms with Crippen molar-refractivity contribution in [2.75, 3.05) is 13.1 Å². The predicted octanol–water partition coefficient (Wildman–Crippen LogP) is 6.26. The van der Waals surface area contributed by atoms with Crippen molar-refractivity contribution in [3.63, 3.8) is 0 Å². The Morgan fingerprint density at radius 3 is 1.97 bits per heavy atom. The van der Waals surface area contributed by atoms with E-state index in [-0.39, 0.29) is 0 Å². The summed E-state index contributed by atoms with van der Waals surface area (Å²) in [6.07, 6.45) is 5.87. The highest BCUT2D eigenvalue weighted by Crippen LogP contribution is 2.39. The number of hydrogen-bond acceptors (Lipinski definition) is 2. The summed E-state index contributed by atoms with van der Waals surface area (Å²) >= 11 is 0. The summed E-state index contributed by atoms with van der Waals surface area (Å²) in [4.78, 5) is 0.358. The molecule has 3 aromatic rings. The number of benzene rings is 3. The normalized spacial score (nSPS) is 20.3. The molecule has 0 fully saturated rings. The van der Waals surface area contributed by atoms with Crippen molar-refractivity contribution in [2.24, 2.45) is 0 Å². The van der Waals surface area contributed by atoms with E-state index in [2.05, 4.69) is 60.7 Å². The third-order valence-corrected chi connectivity index (χ3v) is 8.27. The molecule has 0 N–H and O–H groups in total. The Balaban J connectivity index is 1.52. The number of allylic oxidation sites excluding steroid dienone is 3. The van der Waals surface area contributed by atoms with Gasteiger partial charge >= 0.3 is 0 Å². The fourth-order valence-electron chi connectivity index (χ4n) is 4.65. The Bertz CT molecular complexity index is 1350. The summed E-state index contributed by atoms with van der Waals surface area (Å²) in [5.41, 5.74) is 8.32. The predicted molar refractivity (Wildman–Crippen MR) is 135 cm³/mol. The molecule has 3 nitrogen and oxygen atoms in total. The van der Waals surface area contributed by atoms with Crippen LogP contribution in [0.3, 0.4) is 0 Å². The summed E-state index contributed by atoms with van der Waals surface area (Å²) in [7, 11) is -3.54. The van der Waals surface area contributed by atoms with Crippen LogP contribution in [0.2, 0.25) is 0 Å². The highest BCUT2D eigenvalue weighted by molar-refractivity contribution is 7.89. The van der Waals surface area contributed by atoms with Crippen LogP contribution in [0.5, 0.6) is 0 Å². The fraction of sp³-hybridized carbons (Fsp3) is 0.172. The van der Waals surface area contributed by atoms with Gasteiger partial charge in [0.05, 0.1) is 4.90 Å². The Morgan fingerprint density at radius 2 is 1.33 bits per heavy atom. The molecule has 0 unspecified atom stereocenters. The monoisotopic (exact) mass is 453 g/mol. The molecule has 0 bridgehead atoms. The standard InChI is InChI=1S/C29H27NO2S/c1-22-15-17-27(18-16-22)33(31,32)30-20-25-13-8-14-28(23-9-4-2-5-10-23)29(19-26(25)21-30)24-11-6-3-7-12-24/h2-13,15-18H,14,19-21H2,1H3/b13-8-,29-28-. The number of aryl methyl sites for hydroxylation is 1. The van der Waals surface area contributed by atoms with Crippen LogP contribution in [-0.2, 0) is 10.0 Å². The average Bonchev–Trinajstić information content (AvgIpc) is 3.23. The molecule has 0 atom stereocenters. The van der Waals surface area contributed by atoms with Crippen LogP contribution in [0.25, 0.3) is 11.1 Å². The van der Waals surface area contributed by atoms with Crippen LogP contribution < -0.4 is 0 Å². The van der Waals surface area contributed by atoms with Gasteiger partial charge in [0.25, 0.3) is 0 Å². The molecule has 1 heterocycles. The van der Waals surface area contributed by atoms with Gasteiger partial charge in [-0.25, -0.2) is 8.42 Å². The lowest BCUT2D eigenvalue weighted by Crippen LogP contribution is -2.29. The lowest BCUT2D eigenvalue weighted by Gasteiger charge is -2.19. The first-order valence-corrected chi connectivity index (χ1v) is 12.7. The van der Waals surface area contributed by atoms with Crippen LogP contribution in [-0.4, -0.2) is 25.8 Å². The number of hydrogen-bond donors (Lipinski definition) is 0. The quantitative estimate of drug-likeness (QED) is 0.468. The minimum atomic E-state index is -3.54. The first-order chi connectivity index (χ1) is 16.0. The van der Waals surface area contributed by atoms with Crippen molar-refractivity contribution < 1.29 is 8.42 Å². The highest BCUT2D eigenvalue weighted by atomic mass is 32.2. The molecular weight excluding hydrogens is 426 g/mol. The zero-order valence-electron chi connectivity index (χ0n) is 18.7. The van der Waals surface area contributed by atoms with E-state index >= 15 is 0 Å². The third-order valence-electron chi connectivity index (χ3n) is 6.47. The molecule has 4 heteroatoms. The van der Waals surface area contributed by atoms with Crippen LogP contribution in [0.1, 0.15) is 29.5 Å². The van der Waals surface area contributed by atoms with Gasteiger partial charge in [-0.05, 0) is 65.3 Å². The van der Waals surface area contributed by atoms with E-state index in [1.165, 1.54) is 27.8 Å². The molecule has 0 aromatic heterocycles. The smallest absolute Gasteiger partial charge is 0.207 e. The van der Waals surface area contributed by atoms with Gasteiger partial charge in [0.2, 0.25) is 10.0 Å². The van der Waals surface area contributed by atoms with Gasteiger partial charge in [-0.3, -0.25) is 0 Å². The van der Waals surface area contributed by atoms with Crippen molar-refractivity contribution >= 4 is 21.2 Å². The maximum Gasteiger partial charge on any atom is 0.243 e. The minimum absolute atomic E-state index is 0.358. The van der Waals surface area contributed by atoms with E-state index in [0.717, 1.165) is 24.0 Å². The van der Waals surface area contributed by atoms with Gasteiger partial charge in [0.1, 0.15) is 0 Å². The van der Waals surface area contributed by atoms with Gasteiger partial charge in [0.15, 0.2) is 0 Å². The first kappa shape index (κ1) is 21.6. The van der Waals surface area contributed by atoms with Gasteiger partial charge in [-0.2, -0.15) is 4.31 Å². The highest BCUT2D eigenvalue weighted by Gasteiger charge is 2.32. The lowest BCUT2D eigenvalue weighted by molar-refractivity contribution is 0.481. The largest absolute Gasteiger partial charge is 0.243 e. The topological polar surface area (TPSA) is 37.4 Å². The summed E-state index contributed by atoms with van der Waals surface area (Å²) in [6.45, 7) is 2.81. The van der Waals surface area contributed by atoms with E-state index in [4.69, 9.17) is 0 Å². The van der Waals surface area contributed by atoms with Crippen molar-refractivity contribution in [3.05, 3.63) is 125 Å². The van der Waals surface area contributed by atoms with E-state index < -0.39 is 10.0 Å². The molecule has 33 heavy (non-hydrogen) atoms. The molecule has 0 saturated heterocycles. The maximum atomic E-state index is 13.4. The van der Waals surface area contributed by atoms with E-state index in [1.54, 1.807) is 16.4 Å². The number of sulfonamides is 1. The fourth-order valence-corrected chi connectivity index (χ4v) is 6.06. The summed E-state index contributed by atoms with van der Waals surface area (Å²) in [6, 6.07) is 28.1. The Hall–Kier alpha value is -3.21. The van der Waals surface area contributed by atoms with Gasteiger partial charge in [-0.1, -0.05) is 90.5 Å². The van der Waals surface area contributed by atoms with Crippen molar-refractivity contribution in [1.29, 1.82) is 0 Å². The van der Waals surface area contributed by atoms with E-state index in [1.807, 2.05) is 31.2 Å². The minimum Gasteiger partial charge on any atom is -0.207 e. The molecule has 3 aromatic carbocycles. The SMILES string of the molecule is Cc1ccc(S(=O)(=O)N2CC3=C(C/C(c4ccccc4)=C(/c4ccccc4)C/C=C\3)C2)cc1. The number of nitrogens with zero attached hydrogens (tertiary/aromatic N) is 1. The molecule has 0 radical (unpaired) electrons. The van der Waals surface area contributed by atoms with Crippen LogP contribution in [0.15, 0.2) is 113 Å².